The van der Waals surface area contributed by atoms with Gasteiger partial charge < -0.3 is 21.5 Å². The normalized spacial score (nSPS) is 11.4. The van der Waals surface area contributed by atoms with Crippen molar-refractivity contribution < 1.29 is 19.5 Å². The molecule has 0 aliphatic heterocycles. The Balaban J connectivity index is 2.41. The first kappa shape index (κ1) is 15.4. The van der Waals surface area contributed by atoms with Gasteiger partial charge in [0.2, 0.25) is 5.91 Å². The summed E-state index contributed by atoms with van der Waals surface area (Å²) in [6.45, 7) is 0.247. The number of amides is 3. The van der Waals surface area contributed by atoms with Crippen molar-refractivity contribution >= 4 is 17.9 Å². The molecule has 3 amide bonds. The van der Waals surface area contributed by atoms with Gasteiger partial charge >= 0.3 is 12.0 Å². The largest absolute Gasteiger partial charge is 0.480 e. The molecule has 1 atom stereocenters. The van der Waals surface area contributed by atoms with Crippen LogP contribution in [0.5, 0.6) is 0 Å². The number of aliphatic carboxylic acids is 1. The molecule has 8 heteroatoms. The van der Waals surface area contributed by atoms with Crippen molar-refractivity contribution in [2.45, 2.75) is 25.4 Å². The fourth-order valence-electron chi connectivity index (χ4n) is 1.44. The number of rotatable bonds is 7. The summed E-state index contributed by atoms with van der Waals surface area (Å²) in [5.74, 6) is -1.83. The van der Waals surface area contributed by atoms with Crippen LogP contribution in [-0.2, 0) is 16.1 Å². The molecule has 0 spiro atoms. The van der Waals surface area contributed by atoms with Crippen molar-refractivity contribution in [1.82, 2.24) is 15.6 Å². The third kappa shape index (κ3) is 5.80. The van der Waals surface area contributed by atoms with Gasteiger partial charge in [-0.05, 0) is 24.1 Å². The maximum atomic E-state index is 11.6. The minimum Gasteiger partial charge on any atom is -0.480 e. The fourth-order valence-corrected chi connectivity index (χ4v) is 1.44. The Morgan fingerprint density at radius 3 is 2.50 bits per heavy atom. The minimum atomic E-state index is -1.22. The van der Waals surface area contributed by atoms with Crippen molar-refractivity contribution in [2.75, 3.05) is 0 Å². The van der Waals surface area contributed by atoms with Gasteiger partial charge in [-0.2, -0.15) is 0 Å². The van der Waals surface area contributed by atoms with Crippen molar-refractivity contribution in [1.29, 1.82) is 0 Å². The van der Waals surface area contributed by atoms with Crippen molar-refractivity contribution in [3.05, 3.63) is 30.1 Å². The van der Waals surface area contributed by atoms with E-state index < -0.39 is 23.9 Å². The van der Waals surface area contributed by atoms with Crippen LogP contribution in [0, 0.1) is 0 Å². The van der Waals surface area contributed by atoms with Crippen LogP contribution < -0.4 is 16.4 Å². The Morgan fingerprint density at radius 1 is 1.30 bits per heavy atom. The predicted molar refractivity (Wildman–Crippen MR) is 69.5 cm³/mol. The first-order valence-electron chi connectivity index (χ1n) is 5.93. The first-order chi connectivity index (χ1) is 9.49. The number of hydrogen-bond acceptors (Lipinski definition) is 4. The number of carboxylic acids is 1. The molecule has 0 unspecified atom stereocenters. The number of carboxylic acid groups (broad SMARTS) is 1. The smallest absolute Gasteiger partial charge is 0.326 e. The maximum Gasteiger partial charge on any atom is 0.326 e. The van der Waals surface area contributed by atoms with Crippen LogP contribution in [0.3, 0.4) is 0 Å². The lowest BCUT2D eigenvalue weighted by molar-refractivity contribution is -0.139. The molecule has 1 heterocycles. The summed E-state index contributed by atoms with van der Waals surface area (Å²) in [6, 6.07) is 1.67. The van der Waals surface area contributed by atoms with E-state index in [9.17, 15) is 14.4 Å². The van der Waals surface area contributed by atoms with Crippen LogP contribution in [-0.4, -0.2) is 34.0 Å². The number of aromatic nitrogens is 1. The van der Waals surface area contributed by atoms with Gasteiger partial charge in [0.05, 0.1) is 0 Å². The van der Waals surface area contributed by atoms with E-state index in [1.54, 1.807) is 24.5 Å². The Morgan fingerprint density at radius 2 is 1.95 bits per heavy atom. The van der Waals surface area contributed by atoms with Crippen LogP contribution in [0.4, 0.5) is 4.79 Å². The van der Waals surface area contributed by atoms with Gasteiger partial charge in [0.15, 0.2) is 0 Å². The number of hydrogen-bond donors (Lipinski definition) is 4. The highest BCUT2D eigenvalue weighted by atomic mass is 16.4. The summed E-state index contributed by atoms with van der Waals surface area (Å²) in [6.07, 6.45) is 3.01. The van der Waals surface area contributed by atoms with Gasteiger partial charge in [0.25, 0.3) is 0 Å². The molecule has 5 N–H and O–H groups in total. The molecule has 1 aromatic rings. The van der Waals surface area contributed by atoms with E-state index in [1.165, 1.54) is 0 Å². The van der Waals surface area contributed by atoms with Gasteiger partial charge in [0.1, 0.15) is 6.04 Å². The molecule has 0 fully saturated rings. The van der Waals surface area contributed by atoms with Gasteiger partial charge in [-0.3, -0.25) is 9.78 Å². The van der Waals surface area contributed by atoms with E-state index in [-0.39, 0.29) is 19.4 Å². The molecule has 20 heavy (non-hydrogen) atoms. The number of nitrogens with two attached hydrogens (primary N) is 1. The zero-order valence-electron chi connectivity index (χ0n) is 10.7. The van der Waals surface area contributed by atoms with E-state index >= 15 is 0 Å². The van der Waals surface area contributed by atoms with E-state index in [1.807, 2.05) is 0 Å². The lowest BCUT2D eigenvalue weighted by atomic mass is 10.1. The number of carbonyl (C=O) groups is 3. The monoisotopic (exact) mass is 280 g/mol. The summed E-state index contributed by atoms with van der Waals surface area (Å²) in [5, 5.41) is 13.7. The van der Waals surface area contributed by atoms with Crippen molar-refractivity contribution in [3.8, 4) is 0 Å². The van der Waals surface area contributed by atoms with Crippen LogP contribution >= 0.6 is 0 Å². The molecule has 0 bridgehead atoms. The number of primary amides is 1. The van der Waals surface area contributed by atoms with Gasteiger partial charge in [-0.15, -0.1) is 0 Å². The number of urea groups is 1. The molecule has 8 nitrogen and oxygen atoms in total. The number of pyridine rings is 1. The molecule has 0 saturated carbocycles. The van der Waals surface area contributed by atoms with Crippen molar-refractivity contribution in [2.24, 2.45) is 5.73 Å². The second-order valence-electron chi connectivity index (χ2n) is 4.08. The summed E-state index contributed by atoms with van der Waals surface area (Å²) in [4.78, 5) is 36.9. The molecular weight excluding hydrogens is 264 g/mol. The molecule has 108 valence electrons. The standard InChI is InChI=1S/C12H16N4O4/c13-10(17)2-1-9(11(18)19)16-12(20)15-7-8-3-5-14-6-4-8/h3-6,9H,1-2,7H2,(H2,13,17)(H,18,19)(H2,15,16,20)/t9-/m1/s1. The number of nitrogens with one attached hydrogen (secondary N) is 2. The summed E-state index contributed by atoms with van der Waals surface area (Å²) in [7, 11) is 0. The molecule has 0 aromatic carbocycles. The number of nitrogens with zero attached hydrogens (tertiary/aromatic N) is 1. The fraction of sp³-hybridized carbons (Fsp3) is 0.333. The Hall–Kier alpha value is -2.64. The molecule has 0 aliphatic carbocycles. The van der Waals surface area contributed by atoms with Crippen LogP contribution in [0.1, 0.15) is 18.4 Å². The highest BCUT2D eigenvalue weighted by molar-refractivity contribution is 5.83. The van der Waals surface area contributed by atoms with Crippen LogP contribution in [0.15, 0.2) is 24.5 Å². The molecular formula is C12H16N4O4. The van der Waals surface area contributed by atoms with E-state index in [2.05, 4.69) is 15.6 Å². The van der Waals surface area contributed by atoms with Crippen molar-refractivity contribution in [3.63, 3.8) is 0 Å². The zero-order chi connectivity index (χ0) is 15.0. The average molecular weight is 280 g/mol. The summed E-state index contributed by atoms with van der Waals surface area (Å²) in [5.41, 5.74) is 5.77. The third-order valence-electron chi connectivity index (χ3n) is 2.49. The second kappa shape index (κ2) is 7.72. The Bertz CT molecular complexity index is 478. The van der Waals surface area contributed by atoms with E-state index in [0.717, 1.165) is 5.56 Å². The quantitative estimate of drug-likeness (QED) is 0.539. The van der Waals surface area contributed by atoms with Crippen LogP contribution in [0.25, 0.3) is 0 Å². The first-order valence-corrected chi connectivity index (χ1v) is 5.93. The molecule has 0 radical (unpaired) electrons. The predicted octanol–water partition coefficient (Wildman–Crippen LogP) is -0.401. The van der Waals surface area contributed by atoms with Gasteiger partial charge in [0, 0.05) is 25.4 Å². The topological polar surface area (TPSA) is 134 Å². The average Bonchev–Trinajstić information content (AvgIpc) is 2.41. The second-order valence-corrected chi connectivity index (χ2v) is 4.08. The lowest BCUT2D eigenvalue weighted by Gasteiger charge is -2.14. The lowest BCUT2D eigenvalue weighted by Crippen LogP contribution is -2.46. The van der Waals surface area contributed by atoms with Gasteiger partial charge in [-0.25, -0.2) is 9.59 Å². The minimum absolute atomic E-state index is 0.0483. The molecule has 1 aromatic heterocycles. The Labute approximate surface area is 115 Å². The highest BCUT2D eigenvalue weighted by Gasteiger charge is 2.20. The van der Waals surface area contributed by atoms with Crippen LogP contribution in [0.2, 0.25) is 0 Å². The summed E-state index contributed by atoms with van der Waals surface area (Å²) < 4.78 is 0. The maximum absolute atomic E-state index is 11.6. The third-order valence-corrected chi connectivity index (χ3v) is 2.49. The zero-order valence-corrected chi connectivity index (χ0v) is 10.7. The Kier molecular flexibility index (Phi) is 5.95. The van der Waals surface area contributed by atoms with Gasteiger partial charge in [-0.1, -0.05) is 0 Å². The molecule has 0 aliphatic rings. The molecule has 0 saturated heterocycles. The van der Waals surface area contributed by atoms with E-state index in [0.29, 0.717) is 0 Å². The highest BCUT2D eigenvalue weighted by Crippen LogP contribution is 1.98. The van der Waals surface area contributed by atoms with E-state index in [4.69, 9.17) is 10.8 Å². The summed E-state index contributed by atoms with van der Waals surface area (Å²) >= 11 is 0. The molecule has 1 rings (SSSR count). The number of carbonyl (C=O) groups excluding carboxylic acids is 2. The SMILES string of the molecule is NC(=O)CC[C@@H](NC(=O)NCc1ccncc1)C(=O)O.